The molecule has 1 aromatic carbocycles. The van der Waals surface area contributed by atoms with Crippen molar-refractivity contribution in [3.05, 3.63) is 67.0 Å². The maximum atomic E-state index is 12.7. The average molecular weight is 461 g/mol. The van der Waals surface area contributed by atoms with Crippen LogP contribution in [0.1, 0.15) is 68.5 Å². The van der Waals surface area contributed by atoms with Crippen LogP contribution >= 0.6 is 0 Å². The SMILES string of the molecule is Cc1cc(C)cc(Cc2c(C(C)C)c(=O)[nH]c(=O)n2COCCO[Si](C)(C)C(C)(C)C)c1. The minimum absolute atomic E-state index is 0.0200. The van der Waals surface area contributed by atoms with Crippen molar-refractivity contribution >= 4 is 8.32 Å². The molecular formula is C25H40N2O4Si. The molecule has 0 aliphatic heterocycles. The standard InChI is InChI=1S/C25H40N2O4Si/c1-17(2)22-21(15-20-13-18(3)12-19(4)14-20)27(24(29)26-23(22)28)16-30-10-11-31-32(8,9)25(5,6)7/h12-14,17H,10-11,15-16H2,1-9H3,(H,26,28,29). The number of aromatic nitrogens is 2. The molecule has 0 aliphatic rings. The average Bonchev–Trinajstić information content (AvgIpc) is 2.61. The van der Waals surface area contributed by atoms with Crippen LogP contribution in [0.2, 0.25) is 18.1 Å². The second kappa shape index (κ2) is 10.3. The lowest BCUT2D eigenvalue weighted by atomic mass is 9.96. The first-order valence-electron chi connectivity index (χ1n) is 11.4. The van der Waals surface area contributed by atoms with Gasteiger partial charge in [0.25, 0.3) is 5.56 Å². The van der Waals surface area contributed by atoms with Gasteiger partial charge in [0.2, 0.25) is 0 Å². The van der Waals surface area contributed by atoms with Crippen LogP contribution in [-0.4, -0.2) is 31.1 Å². The van der Waals surface area contributed by atoms with Gasteiger partial charge in [-0.2, -0.15) is 0 Å². The Bertz CT molecular complexity index is 1030. The Morgan fingerprint density at radius 2 is 1.62 bits per heavy atom. The fourth-order valence-electron chi connectivity index (χ4n) is 3.65. The van der Waals surface area contributed by atoms with Crippen LogP contribution < -0.4 is 11.2 Å². The van der Waals surface area contributed by atoms with E-state index in [1.165, 1.54) is 0 Å². The van der Waals surface area contributed by atoms with Gasteiger partial charge < -0.3 is 9.16 Å². The Balaban J connectivity index is 2.27. The molecule has 0 bridgehead atoms. The second-order valence-corrected chi connectivity index (χ2v) is 15.3. The highest BCUT2D eigenvalue weighted by molar-refractivity contribution is 6.74. The fraction of sp³-hybridized carbons (Fsp3) is 0.600. The van der Waals surface area contributed by atoms with Gasteiger partial charge in [0.05, 0.1) is 13.2 Å². The number of hydrogen-bond acceptors (Lipinski definition) is 4. The molecule has 0 atom stereocenters. The zero-order chi connectivity index (χ0) is 24.3. The van der Waals surface area contributed by atoms with E-state index in [9.17, 15) is 9.59 Å². The Labute approximate surface area is 193 Å². The summed E-state index contributed by atoms with van der Waals surface area (Å²) in [4.78, 5) is 27.8. The summed E-state index contributed by atoms with van der Waals surface area (Å²) >= 11 is 0. The molecule has 0 aliphatic carbocycles. The van der Waals surface area contributed by atoms with Crippen LogP contribution in [0, 0.1) is 13.8 Å². The smallest absolute Gasteiger partial charge is 0.330 e. The van der Waals surface area contributed by atoms with E-state index in [1.807, 2.05) is 13.8 Å². The van der Waals surface area contributed by atoms with Crippen LogP contribution in [0.3, 0.4) is 0 Å². The predicted molar refractivity (Wildman–Crippen MR) is 133 cm³/mol. The number of ether oxygens (including phenoxy) is 1. The Kier molecular flexibility index (Phi) is 8.48. The van der Waals surface area contributed by atoms with Crippen LogP contribution in [-0.2, 0) is 22.3 Å². The molecule has 0 spiro atoms. The second-order valence-electron chi connectivity index (χ2n) is 10.5. The molecule has 6 nitrogen and oxygen atoms in total. The number of H-pyrrole nitrogens is 1. The number of benzene rings is 1. The van der Waals surface area contributed by atoms with E-state index in [0.29, 0.717) is 30.9 Å². The van der Waals surface area contributed by atoms with Crippen LogP contribution in [0.15, 0.2) is 27.8 Å². The zero-order valence-corrected chi connectivity index (χ0v) is 22.2. The van der Waals surface area contributed by atoms with E-state index in [0.717, 1.165) is 16.7 Å². The molecule has 32 heavy (non-hydrogen) atoms. The summed E-state index contributed by atoms with van der Waals surface area (Å²) in [6.45, 7) is 20.0. The normalized spacial score (nSPS) is 12.6. The molecule has 0 unspecified atom stereocenters. The molecule has 2 aromatic rings. The first kappa shape index (κ1) is 26.3. The highest BCUT2D eigenvalue weighted by Gasteiger charge is 2.36. The van der Waals surface area contributed by atoms with E-state index in [1.54, 1.807) is 4.57 Å². The van der Waals surface area contributed by atoms with Gasteiger partial charge in [0.1, 0.15) is 6.73 Å². The third-order valence-corrected chi connectivity index (χ3v) is 10.8. The maximum absolute atomic E-state index is 12.7. The van der Waals surface area contributed by atoms with E-state index in [2.05, 4.69) is 70.9 Å². The van der Waals surface area contributed by atoms with Crippen molar-refractivity contribution in [3.8, 4) is 0 Å². The van der Waals surface area contributed by atoms with Gasteiger partial charge in [-0.1, -0.05) is 63.9 Å². The number of rotatable bonds is 9. The predicted octanol–water partition coefficient (Wildman–Crippen LogP) is 4.86. The molecular weight excluding hydrogens is 420 g/mol. The summed E-state index contributed by atoms with van der Waals surface area (Å²) in [6.07, 6.45) is 0.499. The van der Waals surface area contributed by atoms with Gasteiger partial charge in [-0.15, -0.1) is 0 Å². The number of hydrogen-bond donors (Lipinski definition) is 1. The fourth-order valence-corrected chi connectivity index (χ4v) is 4.67. The van der Waals surface area contributed by atoms with E-state index < -0.39 is 14.0 Å². The molecule has 1 N–H and O–H groups in total. The quantitative estimate of drug-likeness (QED) is 0.428. The highest BCUT2D eigenvalue weighted by atomic mass is 28.4. The van der Waals surface area contributed by atoms with Crippen LogP contribution in [0.4, 0.5) is 0 Å². The van der Waals surface area contributed by atoms with Gasteiger partial charge in [0.15, 0.2) is 8.32 Å². The Morgan fingerprint density at radius 1 is 1.03 bits per heavy atom. The highest BCUT2D eigenvalue weighted by Crippen LogP contribution is 2.36. The summed E-state index contributed by atoms with van der Waals surface area (Å²) in [5.74, 6) is -0.0200. The molecule has 7 heteroatoms. The molecule has 0 saturated heterocycles. The first-order valence-corrected chi connectivity index (χ1v) is 14.3. The maximum Gasteiger partial charge on any atom is 0.330 e. The summed E-state index contributed by atoms with van der Waals surface area (Å²) in [7, 11) is -1.85. The number of aromatic amines is 1. The van der Waals surface area contributed by atoms with Crippen molar-refractivity contribution in [2.75, 3.05) is 13.2 Å². The molecule has 0 fully saturated rings. The van der Waals surface area contributed by atoms with Crippen molar-refractivity contribution < 1.29 is 9.16 Å². The largest absolute Gasteiger partial charge is 0.414 e. The van der Waals surface area contributed by atoms with E-state index >= 15 is 0 Å². The number of nitrogens with zero attached hydrogens (tertiary/aromatic N) is 1. The molecule has 2 rings (SSSR count). The third kappa shape index (κ3) is 6.53. The van der Waals surface area contributed by atoms with Crippen molar-refractivity contribution in [3.63, 3.8) is 0 Å². The van der Waals surface area contributed by atoms with Crippen molar-refractivity contribution in [1.29, 1.82) is 0 Å². The molecule has 178 valence electrons. The lowest BCUT2D eigenvalue weighted by Crippen LogP contribution is -2.41. The van der Waals surface area contributed by atoms with E-state index in [4.69, 9.17) is 9.16 Å². The zero-order valence-electron chi connectivity index (χ0n) is 21.2. The van der Waals surface area contributed by atoms with Crippen LogP contribution in [0.25, 0.3) is 0 Å². The summed E-state index contributed by atoms with van der Waals surface area (Å²) < 4.78 is 13.6. The molecule has 0 amide bonds. The van der Waals surface area contributed by atoms with Gasteiger partial charge in [-0.3, -0.25) is 14.3 Å². The van der Waals surface area contributed by atoms with Crippen molar-refractivity contribution in [1.82, 2.24) is 9.55 Å². The lowest BCUT2D eigenvalue weighted by molar-refractivity contribution is 0.0466. The van der Waals surface area contributed by atoms with Crippen LogP contribution in [0.5, 0.6) is 0 Å². The summed E-state index contributed by atoms with van der Waals surface area (Å²) in [6, 6.07) is 6.31. The van der Waals surface area contributed by atoms with Gasteiger partial charge in [-0.05, 0) is 43.5 Å². The van der Waals surface area contributed by atoms with Gasteiger partial charge in [-0.25, -0.2) is 4.79 Å². The first-order chi connectivity index (χ1) is 14.7. The minimum atomic E-state index is -1.85. The Morgan fingerprint density at radius 3 is 2.16 bits per heavy atom. The van der Waals surface area contributed by atoms with Gasteiger partial charge in [0, 0.05) is 17.7 Å². The Hall–Kier alpha value is -1.96. The number of aryl methyl sites for hydroxylation is 2. The lowest BCUT2D eigenvalue weighted by Gasteiger charge is -2.36. The molecule has 1 heterocycles. The number of nitrogens with one attached hydrogen (secondary N) is 1. The molecule has 0 saturated carbocycles. The molecule has 1 aromatic heterocycles. The van der Waals surface area contributed by atoms with Crippen molar-refractivity contribution in [2.24, 2.45) is 0 Å². The van der Waals surface area contributed by atoms with Crippen molar-refractivity contribution in [2.45, 2.75) is 85.7 Å². The molecule has 0 radical (unpaired) electrons. The summed E-state index contributed by atoms with van der Waals surface area (Å²) in [5, 5.41) is 0.133. The van der Waals surface area contributed by atoms with E-state index in [-0.39, 0.29) is 23.2 Å². The monoisotopic (exact) mass is 460 g/mol. The third-order valence-electron chi connectivity index (χ3n) is 6.29. The van der Waals surface area contributed by atoms with Gasteiger partial charge >= 0.3 is 5.69 Å². The summed E-state index contributed by atoms with van der Waals surface area (Å²) in [5.41, 5.74) is 3.97. The minimum Gasteiger partial charge on any atom is -0.414 e. The topological polar surface area (TPSA) is 73.3 Å².